The molecule has 2 N–H and O–H groups in total. The van der Waals surface area contributed by atoms with Gasteiger partial charge in [-0.05, 0) is 73.2 Å². The lowest BCUT2D eigenvalue weighted by molar-refractivity contribution is 0.840. The number of halogens is 2. The van der Waals surface area contributed by atoms with Crippen molar-refractivity contribution < 1.29 is 0 Å². The Kier molecular flexibility index (Phi) is 4.73. The van der Waals surface area contributed by atoms with Crippen molar-refractivity contribution in [1.82, 2.24) is 0 Å². The molecule has 0 spiro atoms. The summed E-state index contributed by atoms with van der Waals surface area (Å²) in [6.07, 6.45) is 0. The van der Waals surface area contributed by atoms with Crippen molar-refractivity contribution in [2.45, 2.75) is 33.7 Å². The molecule has 2 rings (SSSR count). The zero-order valence-electron chi connectivity index (χ0n) is 12.2. The molecule has 0 aliphatic rings. The summed E-state index contributed by atoms with van der Waals surface area (Å²) < 4.78 is 2.09. The van der Waals surface area contributed by atoms with E-state index in [1.165, 1.54) is 27.8 Å². The van der Waals surface area contributed by atoms with Crippen molar-refractivity contribution in [3.63, 3.8) is 0 Å². The average molecular weight is 397 g/mol. The van der Waals surface area contributed by atoms with Crippen LogP contribution in [-0.4, -0.2) is 0 Å². The molecule has 0 aromatic heterocycles. The standard InChI is InChI=1S/C17H19Br2N/c1-9-7-10(2)12(4)16(11(9)3)17(20)14-6-5-13(18)8-15(14)19/h5-8,17H,20H2,1-4H3. The van der Waals surface area contributed by atoms with Crippen LogP contribution >= 0.6 is 31.9 Å². The van der Waals surface area contributed by atoms with Gasteiger partial charge in [0.05, 0.1) is 6.04 Å². The van der Waals surface area contributed by atoms with Crippen molar-refractivity contribution in [3.8, 4) is 0 Å². The number of rotatable bonds is 2. The highest BCUT2D eigenvalue weighted by Crippen LogP contribution is 2.34. The minimum absolute atomic E-state index is 0.115. The topological polar surface area (TPSA) is 26.0 Å². The van der Waals surface area contributed by atoms with Crippen LogP contribution in [0.4, 0.5) is 0 Å². The minimum atomic E-state index is -0.115. The van der Waals surface area contributed by atoms with Crippen LogP contribution < -0.4 is 5.73 Å². The van der Waals surface area contributed by atoms with E-state index in [4.69, 9.17) is 5.73 Å². The highest BCUT2D eigenvalue weighted by Gasteiger charge is 2.18. The number of hydrogen-bond acceptors (Lipinski definition) is 1. The Morgan fingerprint density at radius 1 is 0.900 bits per heavy atom. The molecule has 3 heteroatoms. The van der Waals surface area contributed by atoms with E-state index in [1.54, 1.807) is 0 Å². The first-order chi connectivity index (χ1) is 9.32. The molecule has 1 atom stereocenters. The number of aryl methyl sites for hydroxylation is 2. The van der Waals surface area contributed by atoms with Gasteiger partial charge in [-0.1, -0.05) is 44.0 Å². The molecular formula is C17H19Br2N. The van der Waals surface area contributed by atoms with E-state index >= 15 is 0 Å². The zero-order chi connectivity index (χ0) is 15.0. The van der Waals surface area contributed by atoms with Gasteiger partial charge in [-0.25, -0.2) is 0 Å². The lowest BCUT2D eigenvalue weighted by Crippen LogP contribution is -2.16. The maximum atomic E-state index is 6.56. The Morgan fingerprint density at radius 3 is 1.95 bits per heavy atom. The van der Waals surface area contributed by atoms with Crippen LogP contribution in [0.3, 0.4) is 0 Å². The first-order valence-electron chi connectivity index (χ1n) is 6.60. The Hall–Kier alpha value is -0.640. The predicted octanol–water partition coefficient (Wildman–Crippen LogP) is 5.49. The molecule has 20 heavy (non-hydrogen) atoms. The van der Waals surface area contributed by atoms with Gasteiger partial charge in [0.1, 0.15) is 0 Å². The highest BCUT2D eigenvalue weighted by atomic mass is 79.9. The van der Waals surface area contributed by atoms with Crippen molar-refractivity contribution in [2.24, 2.45) is 5.73 Å². The number of hydrogen-bond donors (Lipinski definition) is 1. The average Bonchev–Trinajstić information content (AvgIpc) is 2.36. The lowest BCUT2D eigenvalue weighted by Gasteiger charge is -2.22. The van der Waals surface area contributed by atoms with Crippen molar-refractivity contribution >= 4 is 31.9 Å². The SMILES string of the molecule is Cc1cc(C)c(C)c(C(N)c2ccc(Br)cc2Br)c1C. The largest absolute Gasteiger partial charge is 0.320 e. The second-order valence-corrected chi connectivity index (χ2v) is 7.09. The van der Waals surface area contributed by atoms with Crippen LogP contribution in [0.25, 0.3) is 0 Å². The van der Waals surface area contributed by atoms with Gasteiger partial charge in [0.2, 0.25) is 0 Å². The van der Waals surface area contributed by atoms with Crippen molar-refractivity contribution in [3.05, 3.63) is 66.6 Å². The Morgan fingerprint density at radius 2 is 1.45 bits per heavy atom. The summed E-state index contributed by atoms with van der Waals surface area (Å²) in [6, 6.07) is 8.28. The highest BCUT2D eigenvalue weighted by molar-refractivity contribution is 9.11. The molecule has 106 valence electrons. The van der Waals surface area contributed by atoms with Crippen molar-refractivity contribution in [1.29, 1.82) is 0 Å². The summed E-state index contributed by atoms with van der Waals surface area (Å²) in [7, 11) is 0. The smallest absolute Gasteiger partial charge is 0.0568 e. The van der Waals surface area contributed by atoms with Gasteiger partial charge in [0.25, 0.3) is 0 Å². The minimum Gasteiger partial charge on any atom is -0.320 e. The lowest BCUT2D eigenvalue weighted by atomic mass is 9.87. The fourth-order valence-corrected chi connectivity index (χ4v) is 3.92. The van der Waals surface area contributed by atoms with Crippen LogP contribution in [0.15, 0.2) is 33.2 Å². The van der Waals surface area contributed by atoms with Gasteiger partial charge in [-0.2, -0.15) is 0 Å². The fraction of sp³-hybridized carbons (Fsp3) is 0.294. The molecule has 0 amide bonds. The maximum absolute atomic E-state index is 6.56. The number of benzene rings is 2. The normalized spacial score (nSPS) is 12.6. The van der Waals surface area contributed by atoms with Crippen LogP contribution in [0.1, 0.15) is 39.4 Å². The van der Waals surface area contributed by atoms with Gasteiger partial charge in [0.15, 0.2) is 0 Å². The molecule has 1 nitrogen and oxygen atoms in total. The molecular weight excluding hydrogens is 378 g/mol. The van der Waals surface area contributed by atoms with E-state index in [9.17, 15) is 0 Å². The van der Waals surface area contributed by atoms with Crippen LogP contribution in [-0.2, 0) is 0 Å². The first-order valence-corrected chi connectivity index (χ1v) is 8.19. The molecule has 2 aromatic carbocycles. The summed E-state index contributed by atoms with van der Waals surface area (Å²) in [4.78, 5) is 0. The summed E-state index contributed by atoms with van der Waals surface area (Å²) in [6.45, 7) is 8.61. The molecule has 2 aromatic rings. The molecule has 0 heterocycles. The van der Waals surface area contributed by atoms with E-state index in [0.717, 1.165) is 14.5 Å². The van der Waals surface area contributed by atoms with E-state index in [0.29, 0.717) is 0 Å². The summed E-state index contributed by atoms with van der Waals surface area (Å²) in [5.41, 5.74) is 14.1. The van der Waals surface area contributed by atoms with Gasteiger partial charge >= 0.3 is 0 Å². The molecule has 0 aliphatic carbocycles. The first kappa shape index (κ1) is 15.7. The third kappa shape index (κ3) is 2.85. The van der Waals surface area contributed by atoms with E-state index in [2.05, 4.69) is 71.7 Å². The van der Waals surface area contributed by atoms with Gasteiger partial charge in [-0.3, -0.25) is 0 Å². The van der Waals surface area contributed by atoms with Crippen LogP contribution in [0.5, 0.6) is 0 Å². The van der Waals surface area contributed by atoms with Crippen LogP contribution in [0.2, 0.25) is 0 Å². The maximum Gasteiger partial charge on any atom is 0.0568 e. The Bertz CT molecular complexity index is 636. The molecule has 0 radical (unpaired) electrons. The van der Waals surface area contributed by atoms with E-state index < -0.39 is 0 Å². The summed E-state index contributed by atoms with van der Waals surface area (Å²) in [5.74, 6) is 0. The third-order valence-corrected chi connectivity index (χ3v) is 5.21. The molecule has 1 unspecified atom stereocenters. The second-order valence-electron chi connectivity index (χ2n) is 5.32. The van der Waals surface area contributed by atoms with Crippen molar-refractivity contribution in [2.75, 3.05) is 0 Å². The molecule has 0 saturated heterocycles. The summed E-state index contributed by atoms with van der Waals surface area (Å²) in [5, 5.41) is 0. The molecule has 0 saturated carbocycles. The van der Waals surface area contributed by atoms with E-state index in [-0.39, 0.29) is 6.04 Å². The molecule has 0 fully saturated rings. The Balaban J connectivity index is 2.62. The third-order valence-electron chi connectivity index (χ3n) is 4.03. The van der Waals surface area contributed by atoms with Gasteiger partial charge in [-0.15, -0.1) is 0 Å². The van der Waals surface area contributed by atoms with Crippen LogP contribution in [0, 0.1) is 27.7 Å². The monoisotopic (exact) mass is 395 g/mol. The quantitative estimate of drug-likeness (QED) is 0.713. The second kappa shape index (κ2) is 6.00. The fourth-order valence-electron chi connectivity index (χ4n) is 2.62. The summed E-state index contributed by atoms with van der Waals surface area (Å²) >= 11 is 7.10. The Labute approximate surface area is 137 Å². The van der Waals surface area contributed by atoms with E-state index in [1.807, 2.05) is 12.1 Å². The van der Waals surface area contributed by atoms with Gasteiger partial charge in [0, 0.05) is 8.95 Å². The number of nitrogens with two attached hydrogens (primary N) is 1. The molecule has 0 bridgehead atoms. The predicted molar refractivity (Wildman–Crippen MR) is 93.3 cm³/mol. The molecule has 0 aliphatic heterocycles. The zero-order valence-corrected chi connectivity index (χ0v) is 15.4. The van der Waals surface area contributed by atoms with Gasteiger partial charge < -0.3 is 5.73 Å².